The molecule has 2 aromatic heterocycles. The Morgan fingerprint density at radius 3 is 2.92 bits per heavy atom. The van der Waals surface area contributed by atoms with Crippen LogP contribution in [-0.2, 0) is 0 Å². The van der Waals surface area contributed by atoms with Crippen molar-refractivity contribution >= 4 is 5.69 Å². The van der Waals surface area contributed by atoms with E-state index in [0.29, 0.717) is 11.3 Å². The number of aromatic amines is 1. The largest absolute Gasteiger partial charge is 0.391 e. The Morgan fingerprint density at radius 2 is 2.38 bits per heavy atom. The molecule has 0 saturated carbocycles. The van der Waals surface area contributed by atoms with Crippen LogP contribution in [-0.4, -0.2) is 10.1 Å². The number of nitrogens with two attached hydrogens (primary N) is 1. The standard InChI is InChI=1S/C8H7N3O2/c9-6-7(13-11-8(6)12)5-2-1-3-10-4-5/h1-4H,9H2,(H,11,12). The fourth-order valence-corrected chi connectivity index (χ4v) is 1.02. The molecule has 0 bridgehead atoms. The first-order valence-corrected chi connectivity index (χ1v) is 3.66. The van der Waals surface area contributed by atoms with Crippen LogP contribution in [0, 0.1) is 0 Å². The lowest BCUT2D eigenvalue weighted by Gasteiger charge is -1.93. The molecule has 3 N–H and O–H groups in total. The van der Waals surface area contributed by atoms with E-state index in [9.17, 15) is 4.79 Å². The second kappa shape index (κ2) is 2.78. The number of pyridine rings is 1. The molecule has 0 fully saturated rings. The van der Waals surface area contributed by atoms with Gasteiger partial charge in [-0.3, -0.25) is 9.78 Å². The summed E-state index contributed by atoms with van der Waals surface area (Å²) in [5, 5.41) is 2.15. The van der Waals surface area contributed by atoms with Gasteiger partial charge >= 0.3 is 5.56 Å². The molecule has 0 aliphatic rings. The second-order valence-corrected chi connectivity index (χ2v) is 2.52. The van der Waals surface area contributed by atoms with Gasteiger partial charge in [-0.15, -0.1) is 0 Å². The maximum atomic E-state index is 10.9. The van der Waals surface area contributed by atoms with Gasteiger partial charge in [0.25, 0.3) is 0 Å². The van der Waals surface area contributed by atoms with Gasteiger partial charge in [0.15, 0.2) is 5.76 Å². The van der Waals surface area contributed by atoms with Crippen molar-refractivity contribution < 1.29 is 4.52 Å². The van der Waals surface area contributed by atoms with Crippen molar-refractivity contribution in [1.29, 1.82) is 0 Å². The quantitative estimate of drug-likeness (QED) is 0.668. The summed E-state index contributed by atoms with van der Waals surface area (Å²) >= 11 is 0. The van der Waals surface area contributed by atoms with Crippen LogP contribution >= 0.6 is 0 Å². The lowest BCUT2D eigenvalue weighted by atomic mass is 10.2. The van der Waals surface area contributed by atoms with Crippen LogP contribution in [0.3, 0.4) is 0 Å². The molecule has 0 aliphatic heterocycles. The monoisotopic (exact) mass is 177 g/mol. The SMILES string of the molecule is Nc1c(-c2cccnc2)o[nH]c1=O. The Balaban J connectivity index is 2.60. The first-order valence-electron chi connectivity index (χ1n) is 3.66. The summed E-state index contributed by atoms with van der Waals surface area (Å²) in [5.74, 6) is 0.332. The van der Waals surface area contributed by atoms with Gasteiger partial charge in [-0.05, 0) is 12.1 Å². The van der Waals surface area contributed by atoms with Gasteiger partial charge < -0.3 is 10.3 Å². The fraction of sp³-hybridized carbons (Fsp3) is 0. The summed E-state index contributed by atoms with van der Waals surface area (Å²) in [6.07, 6.45) is 3.20. The molecule has 0 radical (unpaired) electrons. The highest BCUT2D eigenvalue weighted by Crippen LogP contribution is 2.20. The highest BCUT2D eigenvalue weighted by Gasteiger charge is 2.10. The zero-order valence-corrected chi connectivity index (χ0v) is 6.65. The zero-order chi connectivity index (χ0) is 9.26. The molecule has 13 heavy (non-hydrogen) atoms. The first kappa shape index (κ1) is 7.60. The predicted molar refractivity (Wildman–Crippen MR) is 47.0 cm³/mol. The van der Waals surface area contributed by atoms with E-state index in [0.717, 1.165) is 0 Å². The van der Waals surface area contributed by atoms with E-state index >= 15 is 0 Å². The molecule has 5 heteroatoms. The fourth-order valence-electron chi connectivity index (χ4n) is 1.02. The van der Waals surface area contributed by atoms with Crippen LogP contribution in [0.2, 0.25) is 0 Å². The van der Waals surface area contributed by atoms with E-state index in [1.807, 2.05) is 0 Å². The number of nitrogens with one attached hydrogen (secondary N) is 1. The number of hydrogen-bond acceptors (Lipinski definition) is 4. The number of nitrogens with zero attached hydrogens (tertiary/aromatic N) is 1. The molecule has 66 valence electrons. The molecule has 0 atom stereocenters. The third-order valence-electron chi connectivity index (χ3n) is 1.66. The van der Waals surface area contributed by atoms with Crippen molar-refractivity contribution in [3.63, 3.8) is 0 Å². The summed E-state index contributed by atoms with van der Waals surface area (Å²) < 4.78 is 4.88. The Morgan fingerprint density at radius 1 is 1.54 bits per heavy atom. The molecule has 0 aromatic carbocycles. The van der Waals surface area contributed by atoms with Gasteiger partial charge in [0.1, 0.15) is 5.69 Å². The minimum Gasteiger partial charge on any atom is -0.391 e. The second-order valence-electron chi connectivity index (χ2n) is 2.52. The summed E-state index contributed by atoms with van der Waals surface area (Å²) in [7, 11) is 0. The number of H-pyrrole nitrogens is 1. The number of hydrogen-bond donors (Lipinski definition) is 2. The maximum absolute atomic E-state index is 10.9. The van der Waals surface area contributed by atoms with E-state index in [4.69, 9.17) is 10.3 Å². The molecule has 5 nitrogen and oxygen atoms in total. The predicted octanol–water partition coefficient (Wildman–Crippen LogP) is 0.612. The van der Waals surface area contributed by atoms with Crippen molar-refractivity contribution in [3.05, 3.63) is 34.9 Å². The average Bonchev–Trinajstić information content (AvgIpc) is 2.49. The molecule has 0 aliphatic carbocycles. The highest BCUT2D eigenvalue weighted by molar-refractivity contribution is 5.68. The third kappa shape index (κ3) is 1.20. The Hall–Kier alpha value is -2.04. The molecule has 0 unspecified atom stereocenters. The maximum Gasteiger partial charge on any atom is 0.303 e. The van der Waals surface area contributed by atoms with Gasteiger partial charge in [0.2, 0.25) is 0 Å². The summed E-state index contributed by atoms with van der Waals surface area (Å²) in [4.78, 5) is 14.8. The topological polar surface area (TPSA) is 84.9 Å². The van der Waals surface area contributed by atoms with E-state index in [2.05, 4.69) is 10.1 Å². The van der Waals surface area contributed by atoms with E-state index in [1.54, 1.807) is 24.5 Å². The van der Waals surface area contributed by atoms with E-state index < -0.39 is 5.56 Å². The first-order chi connectivity index (χ1) is 6.29. The molecular formula is C8H7N3O2. The molecule has 2 heterocycles. The lowest BCUT2D eigenvalue weighted by molar-refractivity contribution is 0.426. The van der Waals surface area contributed by atoms with Crippen molar-refractivity contribution in [3.8, 4) is 11.3 Å². The summed E-state index contributed by atoms with van der Waals surface area (Å²) in [6, 6.07) is 3.50. The number of aromatic nitrogens is 2. The van der Waals surface area contributed by atoms with Crippen LogP contribution in [0.25, 0.3) is 11.3 Å². The Kier molecular flexibility index (Phi) is 1.63. The van der Waals surface area contributed by atoms with E-state index in [1.165, 1.54) is 0 Å². The van der Waals surface area contributed by atoms with Gasteiger partial charge in [-0.25, -0.2) is 0 Å². The average molecular weight is 177 g/mol. The lowest BCUT2D eigenvalue weighted by Crippen LogP contribution is -2.04. The van der Waals surface area contributed by atoms with Crippen LogP contribution in [0.15, 0.2) is 33.8 Å². The van der Waals surface area contributed by atoms with Crippen molar-refractivity contribution in [2.75, 3.05) is 5.73 Å². The van der Waals surface area contributed by atoms with Crippen molar-refractivity contribution in [1.82, 2.24) is 10.1 Å². The van der Waals surface area contributed by atoms with Crippen molar-refractivity contribution in [2.24, 2.45) is 0 Å². The molecule has 0 saturated heterocycles. The smallest absolute Gasteiger partial charge is 0.303 e. The minimum atomic E-state index is -0.418. The normalized spacial score (nSPS) is 10.2. The zero-order valence-electron chi connectivity index (χ0n) is 6.65. The highest BCUT2D eigenvalue weighted by atomic mass is 16.5. The Labute approximate surface area is 73.2 Å². The van der Waals surface area contributed by atoms with Crippen LogP contribution in [0.1, 0.15) is 0 Å². The van der Waals surface area contributed by atoms with Gasteiger partial charge in [0.05, 0.1) is 0 Å². The van der Waals surface area contributed by atoms with Gasteiger partial charge in [-0.1, -0.05) is 0 Å². The van der Waals surface area contributed by atoms with Crippen LogP contribution < -0.4 is 11.3 Å². The van der Waals surface area contributed by atoms with E-state index in [-0.39, 0.29) is 5.69 Å². The minimum absolute atomic E-state index is 0.0769. The van der Waals surface area contributed by atoms with Gasteiger partial charge in [-0.2, -0.15) is 5.16 Å². The third-order valence-corrected chi connectivity index (χ3v) is 1.66. The summed E-state index contributed by atoms with van der Waals surface area (Å²) in [6.45, 7) is 0. The van der Waals surface area contributed by atoms with Crippen LogP contribution in [0.5, 0.6) is 0 Å². The van der Waals surface area contributed by atoms with Gasteiger partial charge in [0, 0.05) is 18.0 Å². The number of anilines is 1. The molecule has 2 aromatic rings. The number of nitrogen functional groups attached to an aromatic ring is 1. The van der Waals surface area contributed by atoms with Crippen LogP contribution in [0.4, 0.5) is 5.69 Å². The summed E-state index contributed by atoms with van der Waals surface area (Å²) in [5.41, 5.74) is 5.81. The molecular weight excluding hydrogens is 170 g/mol. The Bertz CT molecular complexity index is 458. The number of rotatable bonds is 1. The molecule has 0 spiro atoms. The molecule has 2 rings (SSSR count). The van der Waals surface area contributed by atoms with Crippen molar-refractivity contribution in [2.45, 2.75) is 0 Å². The molecule has 0 amide bonds.